The maximum absolute atomic E-state index is 12.5. The number of aromatic amines is 1. The van der Waals surface area contributed by atoms with Gasteiger partial charge in [-0.15, -0.1) is 0 Å². The molecule has 1 saturated heterocycles. The van der Waals surface area contributed by atoms with Gasteiger partial charge in [-0.1, -0.05) is 12.1 Å². The molecule has 0 spiro atoms. The number of pyridine rings is 1. The molecule has 0 saturated carbocycles. The van der Waals surface area contributed by atoms with Gasteiger partial charge in [0, 0.05) is 36.8 Å². The summed E-state index contributed by atoms with van der Waals surface area (Å²) in [6.45, 7) is 6.43. The predicted octanol–water partition coefficient (Wildman–Crippen LogP) is 1.91. The molecule has 1 aliphatic heterocycles. The lowest BCUT2D eigenvalue weighted by Crippen LogP contribution is -2.42. The Morgan fingerprint density at radius 1 is 1.27 bits per heavy atom. The van der Waals surface area contributed by atoms with Crippen LogP contribution in [0.2, 0.25) is 0 Å². The monoisotopic (exact) mass is 377 g/mol. The maximum Gasteiger partial charge on any atom is 0.211 e. The van der Waals surface area contributed by atoms with Gasteiger partial charge in [0.2, 0.25) is 10.0 Å². The van der Waals surface area contributed by atoms with Gasteiger partial charge in [0.15, 0.2) is 5.43 Å². The lowest BCUT2D eigenvalue weighted by atomic mass is 10.00. The Morgan fingerprint density at radius 2 is 2.00 bits per heavy atom. The van der Waals surface area contributed by atoms with Crippen molar-refractivity contribution in [2.24, 2.45) is 5.92 Å². The molecule has 0 bridgehead atoms. The van der Waals surface area contributed by atoms with Gasteiger partial charge in [-0.05, 0) is 50.3 Å². The third-order valence-electron chi connectivity index (χ3n) is 5.16. The second-order valence-electron chi connectivity index (χ2n) is 7.37. The van der Waals surface area contributed by atoms with E-state index < -0.39 is 10.0 Å². The van der Waals surface area contributed by atoms with Crippen molar-refractivity contribution in [1.82, 2.24) is 14.6 Å². The number of aromatic nitrogens is 1. The number of hydrogen-bond donors (Lipinski definition) is 2. The van der Waals surface area contributed by atoms with Gasteiger partial charge >= 0.3 is 0 Å². The number of fused-ring (bicyclic) bond motifs is 1. The first-order valence-corrected chi connectivity index (χ1v) is 10.9. The standard InChI is InChI=1S/C19H27N3O3S/c1-13-6-7-14(2)19-18(13)17(23)9-16(21-19)11-20-10-15-5-4-8-22(12-15)26(3,24)25/h6-7,9,15,20H,4-5,8,10-12H2,1-3H3,(H,21,23). The van der Waals surface area contributed by atoms with Crippen molar-refractivity contribution in [2.45, 2.75) is 33.2 Å². The first kappa shape index (κ1) is 19.1. The SMILES string of the molecule is Cc1ccc(C)c2c(=O)cc(CNCC3CCCN(S(C)(=O)=O)C3)[nH]c12. The first-order chi connectivity index (χ1) is 12.3. The number of sulfonamides is 1. The van der Waals surface area contributed by atoms with E-state index in [1.54, 1.807) is 10.4 Å². The number of benzene rings is 1. The van der Waals surface area contributed by atoms with Gasteiger partial charge in [-0.2, -0.15) is 0 Å². The molecule has 2 aromatic rings. The zero-order chi connectivity index (χ0) is 18.9. The number of H-pyrrole nitrogens is 1. The van der Waals surface area contributed by atoms with Crippen LogP contribution >= 0.6 is 0 Å². The zero-order valence-electron chi connectivity index (χ0n) is 15.6. The summed E-state index contributed by atoms with van der Waals surface area (Å²) >= 11 is 0. The van der Waals surface area contributed by atoms with E-state index in [2.05, 4.69) is 10.3 Å². The third-order valence-corrected chi connectivity index (χ3v) is 6.43. The summed E-state index contributed by atoms with van der Waals surface area (Å²) in [5.74, 6) is 0.301. The molecule has 142 valence electrons. The molecular formula is C19H27N3O3S. The van der Waals surface area contributed by atoms with Crippen molar-refractivity contribution < 1.29 is 8.42 Å². The van der Waals surface area contributed by atoms with E-state index in [-0.39, 0.29) is 5.43 Å². The van der Waals surface area contributed by atoms with Gasteiger partial charge in [0.25, 0.3) is 0 Å². The van der Waals surface area contributed by atoms with Crippen LogP contribution in [0.5, 0.6) is 0 Å². The molecule has 1 unspecified atom stereocenters. The number of hydrogen-bond acceptors (Lipinski definition) is 4. The predicted molar refractivity (Wildman–Crippen MR) is 105 cm³/mol. The Hall–Kier alpha value is -1.70. The summed E-state index contributed by atoms with van der Waals surface area (Å²) in [7, 11) is -3.12. The van der Waals surface area contributed by atoms with Crippen molar-refractivity contribution in [3.63, 3.8) is 0 Å². The molecule has 1 fully saturated rings. The van der Waals surface area contributed by atoms with E-state index in [4.69, 9.17) is 0 Å². The van der Waals surface area contributed by atoms with E-state index in [9.17, 15) is 13.2 Å². The van der Waals surface area contributed by atoms with Crippen LogP contribution in [0.4, 0.5) is 0 Å². The number of nitrogens with one attached hydrogen (secondary N) is 2. The summed E-state index contributed by atoms with van der Waals surface area (Å²) < 4.78 is 25.0. The van der Waals surface area contributed by atoms with E-state index >= 15 is 0 Å². The van der Waals surface area contributed by atoms with E-state index in [1.165, 1.54) is 6.26 Å². The van der Waals surface area contributed by atoms with Crippen LogP contribution in [0.15, 0.2) is 23.0 Å². The fourth-order valence-corrected chi connectivity index (χ4v) is 4.66. The van der Waals surface area contributed by atoms with Crippen LogP contribution in [0.3, 0.4) is 0 Å². The van der Waals surface area contributed by atoms with Crippen molar-refractivity contribution in [1.29, 1.82) is 0 Å². The molecule has 1 aromatic heterocycles. The minimum atomic E-state index is -3.12. The normalized spacial score (nSPS) is 19.1. The molecule has 26 heavy (non-hydrogen) atoms. The average molecular weight is 378 g/mol. The van der Waals surface area contributed by atoms with Crippen LogP contribution in [0.1, 0.15) is 29.7 Å². The highest BCUT2D eigenvalue weighted by atomic mass is 32.2. The molecule has 0 aliphatic carbocycles. The van der Waals surface area contributed by atoms with E-state index in [0.29, 0.717) is 25.6 Å². The summed E-state index contributed by atoms with van der Waals surface area (Å²) in [4.78, 5) is 15.8. The third kappa shape index (κ3) is 4.16. The summed E-state index contributed by atoms with van der Waals surface area (Å²) in [5, 5.41) is 4.13. The molecule has 2 N–H and O–H groups in total. The smallest absolute Gasteiger partial charge is 0.211 e. The second-order valence-corrected chi connectivity index (χ2v) is 9.35. The van der Waals surface area contributed by atoms with E-state index in [1.807, 2.05) is 26.0 Å². The highest BCUT2D eigenvalue weighted by Gasteiger charge is 2.25. The molecule has 3 rings (SSSR count). The quantitative estimate of drug-likeness (QED) is 0.834. The van der Waals surface area contributed by atoms with Crippen LogP contribution in [-0.2, 0) is 16.6 Å². The van der Waals surface area contributed by atoms with E-state index in [0.717, 1.165) is 47.1 Å². The minimum absolute atomic E-state index is 0.0395. The second kappa shape index (κ2) is 7.50. The topological polar surface area (TPSA) is 82.3 Å². The van der Waals surface area contributed by atoms with Crippen molar-refractivity contribution >= 4 is 20.9 Å². The van der Waals surface area contributed by atoms with Crippen LogP contribution in [-0.4, -0.2) is 43.6 Å². The molecule has 1 aliphatic rings. The summed E-state index contributed by atoms with van der Waals surface area (Å²) in [6.07, 6.45) is 3.18. The molecule has 1 atom stereocenters. The Morgan fingerprint density at radius 3 is 2.73 bits per heavy atom. The molecule has 0 radical (unpaired) electrons. The van der Waals surface area contributed by atoms with Crippen LogP contribution in [0.25, 0.3) is 10.9 Å². The molecular weight excluding hydrogens is 350 g/mol. The number of aryl methyl sites for hydroxylation is 2. The summed E-state index contributed by atoms with van der Waals surface area (Å²) in [6, 6.07) is 5.65. The fourth-order valence-electron chi connectivity index (χ4n) is 3.72. The summed E-state index contributed by atoms with van der Waals surface area (Å²) in [5.41, 5.74) is 3.83. The number of rotatable bonds is 5. The van der Waals surface area contributed by atoms with Gasteiger partial charge in [0.05, 0.1) is 11.8 Å². The lowest BCUT2D eigenvalue weighted by molar-refractivity contribution is 0.261. The van der Waals surface area contributed by atoms with Gasteiger partial charge in [-0.25, -0.2) is 12.7 Å². The average Bonchev–Trinajstić information content (AvgIpc) is 2.57. The van der Waals surface area contributed by atoms with Gasteiger partial charge in [-0.3, -0.25) is 4.79 Å². The van der Waals surface area contributed by atoms with Gasteiger partial charge < -0.3 is 10.3 Å². The van der Waals surface area contributed by atoms with Crippen LogP contribution < -0.4 is 10.7 Å². The minimum Gasteiger partial charge on any atom is -0.357 e. The first-order valence-electron chi connectivity index (χ1n) is 9.03. The Kier molecular flexibility index (Phi) is 5.50. The lowest BCUT2D eigenvalue weighted by Gasteiger charge is -2.31. The Balaban J connectivity index is 1.67. The van der Waals surface area contributed by atoms with Crippen molar-refractivity contribution in [3.8, 4) is 0 Å². The zero-order valence-corrected chi connectivity index (χ0v) is 16.4. The largest absolute Gasteiger partial charge is 0.357 e. The fraction of sp³-hybridized carbons (Fsp3) is 0.526. The highest BCUT2D eigenvalue weighted by Crippen LogP contribution is 2.19. The highest BCUT2D eigenvalue weighted by molar-refractivity contribution is 7.88. The molecule has 6 nitrogen and oxygen atoms in total. The molecule has 7 heteroatoms. The maximum atomic E-state index is 12.5. The molecule has 1 aromatic carbocycles. The Bertz CT molecular complexity index is 966. The Labute approximate surface area is 154 Å². The van der Waals surface area contributed by atoms with Crippen LogP contribution in [0, 0.1) is 19.8 Å². The number of piperidine rings is 1. The molecule has 2 heterocycles. The van der Waals surface area contributed by atoms with Gasteiger partial charge in [0.1, 0.15) is 0 Å². The van der Waals surface area contributed by atoms with Crippen molar-refractivity contribution in [3.05, 3.63) is 45.2 Å². The van der Waals surface area contributed by atoms with Crippen molar-refractivity contribution in [2.75, 3.05) is 25.9 Å². The molecule has 0 amide bonds. The number of nitrogens with zero attached hydrogens (tertiary/aromatic N) is 1.